The van der Waals surface area contributed by atoms with Crippen LogP contribution in [0.5, 0.6) is 5.75 Å². The number of nitrogens with zero attached hydrogens (tertiary/aromatic N) is 3. The average Bonchev–Trinajstić information content (AvgIpc) is 3.09. The van der Waals surface area contributed by atoms with E-state index in [0.717, 1.165) is 0 Å². The monoisotopic (exact) mass is 351 g/mol. The Kier molecular flexibility index (Phi) is 5.23. The molecule has 0 aliphatic heterocycles. The molecule has 0 saturated carbocycles. The number of hydrogen-bond acceptors (Lipinski definition) is 5. The van der Waals surface area contributed by atoms with E-state index in [1.807, 2.05) is 6.07 Å². The van der Waals surface area contributed by atoms with Gasteiger partial charge in [-0.25, -0.2) is 9.67 Å². The van der Waals surface area contributed by atoms with Gasteiger partial charge in [-0.05, 0) is 36.4 Å². The quantitative estimate of drug-likeness (QED) is 0.709. The lowest BCUT2D eigenvalue weighted by molar-refractivity contribution is -0.116. The zero-order chi connectivity index (χ0) is 18.4. The molecule has 0 aliphatic rings. The number of methoxy groups -OCH3 is 1. The summed E-state index contributed by atoms with van der Waals surface area (Å²) < 4.78 is 6.41. The van der Waals surface area contributed by atoms with Crippen molar-refractivity contribution in [2.75, 3.05) is 17.7 Å². The fraction of sp³-hybridized carbons (Fsp3) is 0.111. The van der Waals surface area contributed by atoms with Crippen molar-refractivity contribution in [1.29, 1.82) is 0 Å². The van der Waals surface area contributed by atoms with Gasteiger partial charge in [0.25, 0.3) is 5.91 Å². The Hall–Kier alpha value is -3.68. The van der Waals surface area contributed by atoms with Crippen LogP contribution in [0.2, 0.25) is 0 Å². The third-order valence-corrected chi connectivity index (χ3v) is 3.48. The van der Waals surface area contributed by atoms with Gasteiger partial charge in [-0.2, -0.15) is 0 Å². The number of nitrogens with one attached hydrogen (secondary N) is 2. The number of amides is 2. The van der Waals surface area contributed by atoms with Gasteiger partial charge in [0.05, 0.1) is 7.11 Å². The molecule has 8 nitrogen and oxygen atoms in total. The van der Waals surface area contributed by atoms with Gasteiger partial charge in [-0.3, -0.25) is 14.9 Å². The van der Waals surface area contributed by atoms with Crippen molar-refractivity contribution < 1.29 is 14.3 Å². The van der Waals surface area contributed by atoms with E-state index in [1.165, 1.54) is 11.0 Å². The third kappa shape index (κ3) is 4.44. The first-order chi connectivity index (χ1) is 12.6. The molecule has 1 heterocycles. The second kappa shape index (κ2) is 7.93. The molecule has 2 N–H and O–H groups in total. The van der Waals surface area contributed by atoms with E-state index in [-0.39, 0.29) is 24.3 Å². The second-order valence-corrected chi connectivity index (χ2v) is 5.36. The predicted molar refractivity (Wildman–Crippen MR) is 96.0 cm³/mol. The van der Waals surface area contributed by atoms with Crippen LogP contribution < -0.4 is 15.4 Å². The van der Waals surface area contributed by atoms with Crippen LogP contribution in [0, 0.1) is 0 Å². The largest absolute Gasteiger partial charge is 0.497 e. The number of hydrogen-bond donors (Lipinski definition) is 2. The lowest BCUT2D eigenvalue weighted by Crippen LogP contribution is -2.19. The van der Waals surface area contributed by atoms with E-state index >= 15 is 0 Å². The van der Waals surface area contributed by atoms with E-state index in [0.29, 0.717) is 17.0 Å². The van der Waals surface area contributed by atoms with Crippen molar-refractivity contribution in [2.24, 2.45) is 0 Å². The van der Waals surface area contributed by atoms with Crippen LogP contribution in [0.4, 0.5) is 11.6 Å². The smallest absolute Gasteiger partial charge is 0.258 e. The Bertz CT molecular complexity index is 891. The highest BCUT2D eigenvalue weighted by atomic mass is 16.5. The average molecular weight is 351 g/mol. The summed E-state index contributed by atoms with van der Waals surface area (Å²) in [5.74, 6) is 0.265. The lowest BCUT2D eigenvalue weighted by atomic mass is 10.2. The normalized spacial score (nSPS) is 10.2. The molecule has 0 atom stereocenters. The van der Waals surface area contributed by atoms with Gasteiger partial charge < -0.3 is 10.1 Å². The highest BCUT2D eigenvalue weighted by Gasteiger charge is 2.10. The van der Waals surface area contributed by atoms with E-state index in [1.54, 1.807) is 55.6 Å². The van der Waals surface area contributed by atoms with Crippen LogP contribution in [-0.4, -0.2) is 33.7 Å². The summed E-state index contributed by atoms with van der Waals surface area (Å²) in [6, 6.07) is 15.7. The summed E-state index contributed by atoms with van der Waals surface area (Å²) in [5.41, 5.74) is 1.15. The minimum atomic E-state index is -0.314. The number of benzene rings is 2. The zero-order valence-electron chi connectivity index (χ0n) is 14.0. The fourth-order valence-corrected chi connectivity index (χ4v) is 2.21. The van der Waals surface area contributed by atoms with Gasteiger partial charge in [0.2, 0.25) is 11.9 Å². The molecule has 2 amide bonds. The third-order valence-electron chi connectivity index (χ3n) is 3.48. The number of carbonyl (C=O) groups is 2. The van der Waals surface area contributed by atoms with Crippen molar-refractivity contribution in [3.63, 3.8) is 0 Å². The van der Waals surface area contributed by atoms with Crippen LogP contribution in [0.3, 0.4) is 0 Å². The molecule has 0 bridgehead atoms. The Morgan fingerprint density at radius 1 is 1.04 bits per heavy atom. The first-order valence-corrected chi connectivity index (χ1v) is 7.84. The molecule has 3 rings (SSSR count). The van der Waals surface area contributed by atoms with Crippen LogP contribution in [-0.2, 0) is 11.3 Å². The van der Waals surface area contributed by atoms with Gasteiger partial charge >= 0.3 is 0 Å². The van der Waals surface area contributed by atoms with E-state index < -0.39 is 0 Å². The summed E-state index contributed by atoms with van der Waals surface area (Å²) >= 11 is 0. The number of aromatic nitrogens is 3. The summed E-state index contributed by atoms with van der Waals surface area (Å²) in [5, 5.41) is 9.41. The Morgan fingerprint density at radius 3 is 2.46 bits per heavy atom. The van der Waals surface area contributed by atoms with Crippen LogP contribution in [0.25, 0.3) is 0 Å². The molecule has 0 aliphatic carbocycles. The minimum absolute atomic E-state index is 0.0275. The number of ether oxygens (including phenoxy) is 1. The first-order valence-electron chi connectivity index (χ1n) is 7.84. The number of rotatable bonds is 6. The van der Waals surface area contributed by atoms with E-state index in [4.69, 9.17) is 4.74 Å². The minimum Gasteiger partial charge on any atom is -0.497 e. The Balaban J connectivity index is 1.55. The summed E-state index contributed by atoms with van der Waals surface area (Å²) in [7, 11) is 1.58. The predicted octanol–water partition coefficient (Wildman–Crippen LogP) is 2.18. The summed E-state index contributed by atoms with van der Waals surface area (Å²) in [4.78, 5) is 28.1. The molecule has 1 aromatic heterocycles. The van der Waals surface area contributed by atoms with E-state index in [9.17, 15) is 9.59 Å². The van der Waals surface area contributed by atoms with Gasteiger partial charge in [-0.15, -0.1) is 5.10 Å². The maximum absolute atomic E-state index is 12.1. The molecule has 8 heteroatoms. The van der Waals surface area contributed by atoms with Crippen molar-refractivity contribution in [1.82, 2.24) is 14.8 Å². The van der Waals surface area contributed by atoms with Crippen molar-refractivity contribution in [2.45, 2.75) is 6.54 Å². The Morgan fingerprint density at radius 2 is 1.77 bits per heavy atom. The highest BCUT2D eigenvalue weighted by molar-refractivity contribution is 6.03. The van der Waals surface area contributed by atoms with Crippen molar-refractivity contribution in [3.05, 3.63) is 66.5 Å². The molecule has 0 spiro atoms. The molecule has 0 radical (unpaired) electrons. The zero-order valence-corrected chi connectivity index (χ0v) is 14.0. The van der Waals surface area contributed by atoms with Crippen molar-refractivity contribution >= 4 is 23.5 Å². The number of anilines is 2. The molecular weight excluding hydrogens is 334 g/mol. The SMILES string of the molecule is COc1ccc(NC(=O)Cn2cnc(NC(=O)c3ccccc3)n2)cc1. The standard InChI is InChI=1S/C18H17N5O3/c1-26-15-9-7-14(8-10-15)20-16(24)11-23-12-19-18(22-23)21-17(25)13-5-3-2-4-6-13/h2-10,12H,11H2,1H3,(H,20,24)(H,21,22,25). The molecular formula is C18H17N5O3. The first kappa shape index (κ1) is 17.2. The number of carbonyl (C=O) groups excluding carboxylic acids is 2. The maximum Gasteiger partial charge on any atom is 0.258 e. The topological polar surface area (TPSA) is 98.1 Å². The van der Waals surface area contributed by atoms with Crippen LogP contribution in [0.1, 0.15) is 10.4 Å². The molecule has 0 fully saturated rings. The molecule has 132 valence electrons. The molecule has 3 aromatic rings. The van der Waals surface area contributed by atoms with Gasteiger partial charge in [0, 0.05) is 11.3 Å². The lowest BCUT2D eigenvalue weighted by Gasteiger charge is -2.06. The van der Waals surface area contributed by atoms with Gasteiger partial charge in [-0.1, -0.05) is 18.2 Å². The van der Waals surface area contributed by atoms with Crippen LogP contribution in [0.15, 0.2) is 60.9 Å². The highest BCUT2D eigenvalue weighted by Crippen LogP contribution is 2.15. The summed E-state index contributed by atoms with van der Waals surface area (Å²) in [6.07, 6.45) is 1.38. The molecule has 0 saturated heterocycles. The maximum atomic E-state index is 12.1. The van der Waals surface area contributed by atoms with E-state index in [2.05, 4.69) is 20.7 Å². The fourth-order valence-electron chi connectivity index (χ4n) is 2.21. The summed E-state index contributed by atoms with van der Waals surface area (Å²) in [6.45, 7) is -0.0275. The van der Waals surface area contributed by atoms with Gasteiger partial charge in [0.15, 0.2) is 0 Å². The molecule has 26 heavy (non-hydrogen) atoms. The molecule has 2 aromatic carbocycles. The van der Waals surface area contributed by atoms with Gasteiger partial charge in [0.1, 0.15) is 18.6 Å². The van der Waals surface area contributed by atoms with Crippen molar-refractivity contribution in [3.8, 4) is 5.75 Å². The van der Waals surface area contributed by atoms with Crippen LogP contribution >= 0.6 is 0 Å². The molecule has 0 unspecified atom stereocenters. The second-order valence-electron chi connectivity index (χ2n) is 5.36. The Labute approximate surface area is 149 Å².